The number of rotatable bonds is 4. The number of hydrogen-bond acceptors (Lipinski definition) is 4. The Bertz CT molecular complexity index is 357. The highest BCUT2D eigenvalue weighted by molar-refractivity contribution is 5.09. The Morgan fingerprint density at radius 3 is 2.94 bits per heavy atom. The lowest BCUT2D eigenvalue weighted by Gasteiger charge is -2.40. The molecule has 5 nitrogen and oxygen atoms in total. The molecular weight excluding hydrogens is 216 g/mol. The maximum atomic E-state index is 6.03. The van der Waals surface area contributed by atoms with Gasteiger partial charge in [0.2, 0.25) is 0 Å². The van der Waals surface area contributed by atoms with Crippen molar-refractivity contribution >= 4 is 0 Å². The van der Waals surface area contributed by atoms with Crippen molar-refractivity contribution in [3.05, 3.63) is 11.9 Å². The third-order valence-corrected chi connectivity index (χ3v) is 3.56. The number of likely N-dealkylation sites (N-methyl/N-ethyl adjacent to an activating group) is 1. The van der Waals surface area contributed by atoms with E-state index >= 15 is 0 Å². The molecule has 1 aliphatic rings. The van der Waals surface area contributed by atoms with Crippen LogP contribution in [-0.2, 0) is 11.8 Å². The van der Waals surface area contributed by atoms with Crippen LogP contribution in [0.3, 0.4) is 0 Å². The molecular formula is C12H22N4O. The number of aromatic nitrogens is 3. The summed E-state index contributed by atoms with van der Waals surface area (Å²) < 4.78 is 7.86. The zero-order chi connectivity index (χ0) is 12.3. The lowest BCUT2D eigenvalue weighted by atomic mass is 9.86. The van der Waals surface area contributed by atoms with E-state index in [0.29, 0.717) is 0 Å². The van der Waals surface area contributed by atoms with Gasteiger partial charge in [0.05, 0.1) is 23.5 Å². The van der Waals surface area contributed by atoms with E-state index in [0.717, 1.165) is 31.7 Å². The van der Waals surface area contributed by atoms with E-state index in [2.05, 4.69) is 29.5 Å². The number of aryl methyl sites for hydroxylation is 1. The summed E-state index contributed by atoms with van der Waals surface area (Å²) in [5.74, 6) is 0. The number of nitrogens with zero attached hydrogens (tertiary/aromatic N) is 3. The molecule has 0 saturated carbocycles. The molecule has 1 aromatic heterocycles. The van der Waals surface area contributed by atoms with Crippen LogP contribution in [0.5, 0.6) is 0 Å². The third-order valence-electron chi connectivity index (χ3n) is 3.56. The minimum absolute atomic E-state index is 0.149. The second-order valence-corrected chi connectivity index (χ2v) is 4.89. The van der Waals surface area contributed by atoms with Crippen LogP contribution in [0.1, 0.15) is 44.8 Å². The van der Waals surface area contributed by atoms with E-state index in [1.54, 1.807) is 0 Å². The highest BCUT2D eigenvalue weighted by Gasteiger charge is 2.38. The molecule has 0 bridgehead atoms. The SMILES string of the molecule is CCNC(c1cnnn1C)C1(C)CCCCO1. The molecule has 2 unspecified atom stereocenters. The summed E-state index contributed by atoms with van der Waals surface area (Å²) in [7, 11) is 1.93. The molecule has 2 atom stereocenters. The molecule has 0 aliphatic carbocycles. The first-order chi connectivity index (χ1) is 8.17. The van der Waals surface area contributed by atoms with E-state index in [1.165, 1.54) is 6.42 Å². The van der Waals surface area contributed by atoms with Crippen molar-refractivity contribution < 1.29 is 4.74 Å². The van der Waals surface area contributed by atoms with Crippen LogP contribution in [0.2, 0.25) is 0 Å². The van der Waals surface area contributed by atoms with Gasteiger partial charge in [-0.25, -0.2) is 0 Å². The molecule has 1 N–H and O–H groups in total. The van der Waals surface area contributed by atoms with Crippen molar-refractivity contribution in [1.82, 2.24) is 20.3 Å². The Morgan fingerprint density at radius 1 is 1.59 bits per heavy atom. The highest BCUT2D eigenvalue weighted by Crippen LogP contribution is 2.35. The molecule has 96 valence electrons. The zero-order valence-corrected chi connectivity index (χ0v) is 10.9. The summed E-state index contributed by atoms with van der Waals surface area (Å²) in [6.45, 7) is 6.06. The molecule has 2 rings (SSSR count). The molecule has 1 fully saturated rings. The minimum atomic E-state index is -0.149. The van der Waals surface area contributed by atoms with Gasteiger partial charge in [-0.3, -0.25) is 4.68 Å². The van der Waals surface area contributed by atoms with Crippen LogP contribution in [0.4, 0.5) is 0 Å². The van der Waals surface area contributed by atoms with Crippen LogP contribution in [-0.4, -0.2) is 33.7 Å². The smallest absolute Gasteiger partial charge is 0.0864 e. The van der Waals surface area contributed by atoms with E-state index < -0.39 is 0 Å². The van der Waals surface area contributed by atoms with E-state index in [4.69, 9.17) is 4.74 Å². The first-order valence-electron chi connectivity index (χ1n) is 6.39. The Labute approximate surface area is 103 Å². The van der Waals surface area contributed by atoms with Crippen LogP contribution >= 0.6 is 0 Å². The monoisotopic (exact) mass is 238 g/mol. The fraction of sp³-hybridized carbons (Fsp3) is 0.833. The van der Waals surface area contributed by atoms with Crippen LogP contribution in [0.15, 0.2) is 6.20 Å². The topological polar surface area (TPSA) is 52.0 Å². The molecule has 1 aromatic rings. The number of ether oxygens (including phenoxy) is 1. The summed E-state index contributed by atoms with van der Waals surface area (Å²) in [4.78, 5) is 0. The summed E-state index contributed by atoms with van der Waals surface area (Å²) in [6.07, 6.45) is 5.30. The van der Waals surface area contributed by atoms with Crippen LogP contribution < -0.4 is 5.32 Å². The summed E-state index contributed by atoms with van der Waals surface area (Å²) >= 11 is 0. The standard InChI is InChI=1S/C12H22N4O/c1-4-13-11(10-9-14-15-16(10)3)12(2)7-5-6-8-17-12/h9,11,13H,4-8H2,1-3H3. The van der Waals surface area contributed by atoms with Gasteiger partial charge in [0.15, 0.2) is 0 Å². The van der Waals surface area contributed by atoms with Gasteiger partial charge >= 0.3 is 0 Å². The molecule has 1 aliphatic heterocycles. The average Bonchev–Trinajstić information content (AvgIpc) is 2.73. The summed E-state index contributed by atoms with van der Waals surface area (Å²) in [5, 5.41) is 11.5. The van der Waals surface area contributed by atoms with Crippen molar-refractivity contribution in [2.45, 2.75) is 44.8 Å². The molecule has 2 heterocycles. The van der Waals surface area contributed by atoms with Crippen molar-refractivity contribution in [2.24, 2.45) is 7.05 Å². The Balaban J connectivity index is 2.25. The fourth-order valence-corrected chi connectivity index (χ4v) is 2.58. The lowest BCUT2D eigenvalue weighted by Crippen LogP contribution is -2.46. The largest absolute Gasteiger partial charge is 0.373 e. The second-order valence-electron chi connectivity index (χ2n) is 4.89. The quantitative estimate of drug-likeness (QED) is 0.862. The first-order valence-corrected chi connectivity index (χ1v) is 6.39. The highest BCUT2D eigenvalue weighted by atomic mass is 16.5. The zero-order valence-electron chi connectivity index (χ0n) is 10.9. The van der Waals surface area contributed by atoms with Gasteiger partial charge in [0.25, 0.3) is 0 Å². The van der Waals surface area contributed by atoms with Crippen molar-refractivity contribution in [2.75, 3.05) is 13.2 Å². The van der Waals surface area contributed by atoms with Gasteiger partial charge in [0.1, 0.15) is 0 Å². The van der Waals surface area contributed by atoms with Gasteiger partial charge in [0, 0.05) is 13.7 Å². The van der Waals surface area contributed by atoms with E-state index in [1.807, 2.05) is 17.9 Å². The Kier molecular flexibility index (Phi) is 3.79. The van der Waals surface area contributed by atoms with Gasteiger partial charge in [-0.2, -0.15) is 0 Å². The average molecular weight is 238 g/mol. The van der Waals surface area contributed by atoms with Gasteiger partial charge in [-0.05, 0) is 32.7 Å². The minimum Gasteiger partial charge on any atom is -0.373 e. The maximum absolute atomic E-state index is 6.03. The van der Waals surface area contributed by atoms with Gasteiger partial charge in [-0.1, -0.05) is 12.1 Å². The van der Waals surface area contributed by atoms with Gasteiger partial charge < -0.3 is 10.1 Å². The third kappa shape index (κ3) is 2.50. The molecule has 0 spiro atoms. The van der Waals surface area contributed by atoms with Crippen molar-refractivity contribution in [3.63, 3.8) is 0 Å². The first kappa shape index (κ1) is 12.5. The lowest BCUT2D eigenvalue weighted by molar-refractivity contribution is -0.0909. The van der Waals surface area contributed by atoms with Gasteiger partial charge in [-0.15, -0.1) is 5.10 Å². The fourth-order valence-electron chi connectivity index (χ4n) is 2.58. The molecule has 17 heavy (non-hydrogen) atoms. The van der Waals surface area contributed by atoms with Crippen molar-refractivity contribution in [1.29, 1.82) is 0 Å². The maximum Gasteiger partial charge on any atom is 0.0864 e. The number of hydrogen-bond donors (Lipinski definition) is 1. The summed E-state index contributed by atoms with van der Waals surface area (Å²) in [5.41, 5.74) is 0.945. The number of nitrogens with one attached hydrogen (secondary N) is 1. The molecule has 0 radical (unpaired) electrons. The molecule has 5 heteroatoms. The Morgan fingerprint density at radius 2 is 2.41 bits per heavy atom. The van der Waals surface area contributed by atoms with E-state index in [-0.39, 0.29) is 11.6 Å². The molecule has 0 amide bonds. The van der Waals surface area contributed by atoms with Crippen LogP contribution in [0, 0.1) is 0 Å². The second kappa shape index (κ2) is 5.14. The predicted octanol–water partition coefficient (Wildman–Crippen LogP) is 1.42. The Hall–Kier alpha value is -0.940. The van der Waals surface area contributed by atoms with Crippen LogP contribution in [0.25, 0.3) is 0 Å². The summed E-state index contributed by atoms with van der Waals surface area (Å²) in [6, 6.07) is 0.160. The van der Waals surface area contributed by atoms with Crippen molar-refractivity contribution in [3.8, 4) is 0 Å². The molecule has 1 saturated heterocycles. The molecule has 0 aromatic carbocycles. The normalized spacial score (nSPS) is 27.0. The van der Waals surface area contributed by atoms with E-state index in [9.17, 15) is 0 Å². The predicted molar refractivity (Wildman–Crippen MR) is 65.6 cm³/mol.